The zero-order chi connectivity index (χ0) is 25.6. The van der Waals surface area contributed by atoms with Crippen LogP contribution >= 0.6 is 0 Å². The Balaban J connectivity index is 1.73. The van der Waals surface area contributed by atoms with Gasteiger partial charge in [-0.1, -0.05) is 90.9 Å². The van der Waals surface area contributed by atoms with Crippen LogP contribution in [0.4, 0.5) is 0 Å². The van der Waals surface area contributed by atoms with E-state index in [1.807, 2.05) is 0 Å². The SMILES string of the molecule is CCCCCCCCCC[N+]1(CC#CC[N+]2(CCCCCCCCCC)CCCCC2)CCCCC1. The van der Waals surface area contributed by atoms with Crippen LogP contribution in [0, 0.1) is 11.8 Å². The molecule has 2 rings (SSSR count). The highest BCUT2D eigenvalue weighted by Crippen LogP contribution is 2.22. The van der Waals surface area contributed by atoms with Gasteiger partial charge in [0.25, 0.3) is 0 Å². The summed E-state index contributed by atoms with van der Waals surface area (Å²) in [6.45, 7) is 15.2. The molecule has 2 heterocycles. The molecule has 2 fully saturated rings. The Labute approximate surface area is 228 Å². The van der Waals surface area contributed by atoms with Crippen molar-refractivity contribution in [1.29, 1.82) is 0 Å². The standard InChI is InChI=1S/C34H66N2/c1-3-5-7-9-11-13-15-19-27-35(29-21-17-22-30-35)33-25-26-34-36(31-23-18-24-32-36)28-20-16-14-12-10-8-6-4-2/h3-24,27-34H2,1-2H3/q+2. The van der Waals surface area contributed by atoms with Gasteiger partial charge in [-0.3, -0.25) is 0 Å². The number of nitrogens with zero attached hydrogens (tertiary/aromatic N) is 2. The molecule has 0 atom stereocenters. The minimum atomic E-state index is 1.13. The predicted molar refractivity (Wildman–Crippen MR) is 160 cm³/mol. The largest absolute Gasteiger partial charge is 0.314 e. The number of quaternary nitrogens is 2. The van der Waals surface area contributed by atoms with Crippen molar-refractivity contribution in [3.05, 3.63) is 0 Å². The van der Waals surface area contributed by atoms with Crippen LogP contribution < -0.4 is 0 Å². The molecule has 2 nitrogen and oxygen atoms in total. The summed E-state index contributed by atoms with van der Waals surface area (Å²) in [5.41, 5.74) is 0. The molecule has 0 aromatic heterocycles. The second-order valence-electron chi connectivity index (χ2n) is 12.8. The van der Waals surface area contributed by atoms with Crippen molar-refractivity contribution in [3.8, 4) is 11.8 Å². The Hall–Kier alpha value is -0.520. The molecule has 36 heavy (non-hydrogen) atoms. The summed E-state index contributed by atoms with van der Waals surface area (Å²) in [5.74, 6) is 7.56. The summed E-state index contributed by atoms with van der Waals surface area (Å²) in [7, 11) is 0. The summed E-state index contributed by atoms with van der Waals surface area (Å²) < 4.78 is 2.64. The Morgan fingerprint density at radius 3 is 1.03 bits per heavy atom. The van der Waals surface area contributed by atoms with E-state index >= 15 is 0 Å². The van der Waals surface area contributed by atoms with Gasteiger partial charge in [-0.15, -0.1) is 0 Å². The van der Waals surface area contributed by atoms with E-state index in [1.165, 1.54) is 189 Å². The third kappa shape index (κ3) is 13.9. The van der Waals surface area contributed by atoms with E-state index in [0.717, 1.165) is 13.1 Å². The number of piperidine rings is 2. The Bertz CT molecular complexity index is 511. The zero-order valence-electron chi connectivity index (χ0n) is 25.1. The van der Waals surface area contributed by atoms with Gasteiger partial charge in [0.15, 0.2) is 0 Å². The fourth-order valence-electron chi connectivity index (χ4n) is 6.90. The summed E-state index contributed by atoms with van der Waals surface area (Å²) in [6.07, 6.45) is 31.6. The van der Waals surface area contributed by atoms with Gasteiger partial charge in [0.1, 0.15) is 13.1 Å². The Morgan fingerprint density at radius 2 is 0.694 bits per heavy atom. The van der Waals surface area contributed by atoms with Crippen molar-refractivity contribution in [1.82, 2.24) is 0 Å². The van der Waals surface area contributed by atoms with Gasteiger partial charge in [0.05, 0.1) is 39.3 Å². The molecular formula is C34H66N2+2. The lowest BCUT2D eigenvalue weighted by atomic mass is 10.0. The third-order valence-corrected chi connectivity index (χ3v) is 9.46. The normalized spacial score (nSPS) is 19.1. The lowest BCUT2D eigenvalue weighted by molar-refractivity contribution is -0.927. The van der Waals surface area contributed by atoms with Gasteiger partial charge in [-0.05, 0) is 76.0 Å². The lowest BCUT2D eigenvalue weighted by Crippen LogP contribution is -2.53. The maximum atomic E-state index is 3.78. The van der Waals surface area contributed by atoms with Gasteiger partial charge < -0.3 is 8.97 Å². The Morgan fingerprint density at radius 1 is 0.389 bits per heavy atom. The molecule has 2 aliphatic rings. The van der Waals surface area contributed by atoms with Gasteiger partial charge in [-0.2, -0.15) is 0 Å². The van der Waals surface area contributed by atoms with Gasteiger partial charge in [0, 0.05) is 0 Å². The maximum Gasteiger partial charge on any atom is 0.141 e. The zero-order valence-corrected chi connectivity index (χ0v) is 25.1. The van der Waals surface area contributed by atoms with Crippen LogP contribution in [-0.2, 0) is 0 Å². The molecule has 0 aliphatic carbocycles. The second-order valence-corrected chi connectivity index (χ2v) is 12.8. The smallest absolute Gasteiger partial charge is 0.141 e. The number of likely N-dealkylation sites (tertiary alicyclic amines) is 2. The number of hydrogen-bond donors (Lipinski definition) is 0. The molecule has 210 valence electrons. The van der Waals surface area contributed by atoms with E-state index in [9.17, 15) is 0 Å². The summed E-state index contributed by atoms with van der Waals surface area (Å²) >= 11 is 0. The van der Waals surface area contributed by atoms with E-state index < -0.39 is 0 Å². The number of unbranched alkanes of at least 4 members (excludes halogenated alkanes) is 14. The maximum absolute atomic E-state index is 3.78. The molecule has 0 bridgehead atoms. The van der Waals surface area contributed by atoms with Crippen LogP contribution in [0.1, 0.15) is 155 Å². The molecule has 2 aliphatic heterocycles. The molecule has 2 saturated heterocycles. The molecule has 0 aromatic carbocycles. The quantitative estimate of drug-likeness (QED) is 0.0883. The monoisotopic (exact) mass is 503 g/mol. The molecule has 0 unspecified atom stereocenters. The molecule has 0 N–H and O–H groups in total. The van der Waals surface area contributed by atoms with E-state index in [2.05, 4.69) is 25.7 Å². The number of hydrogen-bond acceptors (Lipinski definition) is 0. The average molecular weight is 503 g/mol. The molecule has 0 radical (unpaired) electrons. The summed E-state index contributed by atoms with van der Waals surface area (Å²) in [4.78, 5) is 0. The number of rotatable bonds is 20. The van der Waals surface area contributed by atoms with Gasteiger partial charge >= 0.3 is 0 Å². The molecule has 0 amide bonds. The topological polar surface area (TPSA) is 0 Å². The van der Waals surface area contributed by atoms with Gasteiger partial charge in [0.2, 0.25) is 0 Å². The minimum absolute atomic E-state index is 1.13. The summed E-state index contributed by atoms with van der Waals surface area (Å²) in [6, 6.07) is 0. The first-order valence-corrected chi connectivity index (χ1v) is 16.9. The fourth-order valence-corrected chi connectivity index (χ4v) is 6.90. The van der Waals surface area contributed by atoms with Crippen LogP contribution in [0.25, 0.3) is 0 Å². The summed E-state index contributed by atoms with van der Waals surface area (Å²) in [5, 5.41) is 0. The lowest BCUT2D eigenvalue weighted by Gasteiger charge is -2.41. The van der Waals surface area contributed by atoms with Crippen LogP contribution in [0.2, 0.25) is 0 Å². The van der Waals surface area contributed by atoms with Crippen LogP contribution in [-0.4, -0.2) is 61.3 Å². The molecular weight excluding hydrogens is 436 g/mol. The first-order valence-electron chi connectivity index (χ1n) is 16.9. The Kier molecular flexibility index (Phi) is 18.0. The average Bonchev–Trinajstić information content (AvgIpc) is 2.91. The van der Waals surface area contributed by atoms with Crippen molar-refractivity contribution in [2.45, 2.75) is 155 Å². The molecule has 0 aromatic rings. The highest BCUT2D eigenvalue weighted by molar-refractivity contribution is 5.00. The van der Waals surface area contributed by atoms with Crippen molar-refractivity contribution < 1.29 is 8.97 Å². The van der Waals surface area contributed by atoms with E-state index in [4.69, 9.17) is 0 Å². The predicted octanol–water partition coefficient (Wildman–Crippen LogP) is 9.27. The minimum Gasteiger partial charge on any atom is -0.314 e. The van der Waals surface area contributed by atoms with Crippen molar-refractivity contribution in [2.24, 2.45) is 0 Å². The van der Waals surface area contributed by atoms with Crippen LogP contribution in [0.15, 0.2) is 0 Å². The molecule has 0 saturated carbocycles. The fraction of sp³-hybridized carbons (Fsp3) is 0.941. The highest BCUT2D eigenvalue weighted by Gasteiger charge is 2.30. The highest BCUT2D eigenvalue weighted by atomic mass is 15.4. The van der Waals surface area contributed by atoms with Crippen molar-refractivity contribution in [3.63, 3.8) is 0 Å². The van der Waals surface area contributed by atoms with Crippen LogP contribution in [0.3, 0.4) is 0 Å². The van der Waals surface area contributed by atoms with E-state index in [1.54, 1.807) is 0 Å². The third-order valence-electron chi connectivity index (χ3n) is 9.46. The molecule has 2 heteroatoms. The first-order chi connectivity index (χ1) is 17.7. The van der Waals surface area contributed by atoms with Crippen LogP contribution in [0.5, 0.6) is 0 Å². The van der Waals surface area contributed by atoms with Crippen molar-refractivity contribution in [2.75, 3.05) is 52.4 Å². The first kappa shape index (κ1) is 31.7. The second kappa shape index (κ2) is 20.4. The van der Waals surface area contributed by atoms with E-state index in [0.29, 0.717) is 0 Å². The molecule has 0 spiro atoms. The van der Waals surface area contributed by atoms with E-state index in [-0.39, 0.29) is 0 Å². The van der Waals surface area contributed by atoms with Gasteiger partial charge in [-0.25, -0.2) is 0 Å². The van der Waals surface area contributed by atoms with Crippen molar-refractivity contribution >= 4 is 0 Å².